The highest BCUT2D eigenvalue weighted by Crippen LogP contribution is 2.41. The number of rotatable bonds is 4. The lowest BCUT2D eigenvalue weighted by Gasteiger charge is -2.16. The van der Waals surface area contributed by atoms with Crippen LogP contribution in [0.5, 0.6) is 0 Å². The van der Waals surface area contributed by atoms with Crippen LogP contribution < -0.4 is 0 Å². The smallest absolute Gasteiger partial charge is 0.188 e. The molecule has 254 valence electrons. The Morgan fingerprint density at radius 2 is 0.964 bits per heavy atom. The number of benzene rings is 8. The zero-order valence-corrected chi connectivity index (χ0v) is 29.5. The van der Waals surface area contributed by atoms with Crippen molar-refractivity contribution in [3.05, 3.63) is 193 Å². The molecule has 8 aromatic carbocycles. The standard InChI is InChI=1S/C50H29N5/c1-52-35-25-27-48-42(30-35)40-17-5-8-21-46(40)54(48)49-23-11-18-41-39-16-4-9-22-47(39)55(50(41)49)43-26-24-33(28-34(43)31-51)32-12-10-13-36(29-32)53-44-19-6-2-14-37(44)38-15-3-7-20-45(38)53/h2-30H. The summed E-state index contributed by atoms with van der Waals surface area (Å²) in [6, 6.07) is 63.7. The minimum absolute atomic E-state index is 0.584. The van der Waals surface area contributed by atoms with Gasteiger partial charge in [-0.05, 0) is 83.2 Å². The molecule has 5 nitrogen and oxygen atoms in total. The van der Waals surface area contributed by atoms with Crippen LogP contribution in [0.4, 0.5) is 5.69 Å². The van der Waals surface area contributed by atoms with E-state index in [1.165, 1.54) is 10.8 Å². The van der Waals surface area contributed by atoms with Crippen molar-refractivity contribution >= 4 is 71.1 Å². The first-order valence-electron chi connectivity index (χ1n) is 18.3. The van der Waals surface area contributed by atoms with Crippen LogP contribution in [0.1, 0.15) is 5.56 Å². The maximum Gasteiger partial charge on any atom is 0.188 e. The van der Waals surface area contributed by atoms with E-state index in [1.807, 2.05) is 24.3 Å². The van der Waals surface area contributed by atoms with E-state index < -0.39 is 0 Å². The van der Waals surface area contributed by atoms with Crippen LogP contribution in [0.25, 0.3) is 98.5 Å². The van der Waals surface area contributed by atoms with Gasteiger partial charge in [0.2, 0.25) is 0 Å². The Morgan fingerprint density at radius 3 is 1.64 bits per heavy atom. The molecular formula is C50H29N5. The second kappa shape index (κ2) is 11.8. The summed E-state index contributed by atoms with van der Waals surface area (Å²) >= 11 is 0. The second-order valence-electron chi connectivity index (χ2n) is 14.0. The van der Waals surface area contributed by atoms with E-state index in [0.717, 1.165) is 82.8 Å². The minimum atomic E-state index is 0.584. The maximum atomic E-state index is 10.9. The van der Waals surface area contributed by atoms with Crippen LogP contribution in [0.3, 0.4) is 0 Å². The number of aromatic nitrogens is 3. The van der Waals surface area contributed by atoms with Crippen molar-refractivity contribution in [3.8, 4) is 34.3 Å². The first kappa shape index (κ1) is 30.7. The SMILES string of the molecule is [C-]#[N+]c1ccc2c(c1)c1ccccc1n2-c1cccc2c3ccccc3n(-c3ccc(-c4cccc(-n5c6ccccc6c6ccccc65)c4)cc3C#N)c12. The average molecular weight is 700 g/mol. The first-order chi connectivity index (χ1) is 27.2. The van der Waals surface area contributed by atoms with Crippen molar-refractivity contribution in [3.63, 3.8) is 0 Å². The highest BCUT2D eigenvalue weighted by Gasteiger charge is 2.22. The van der Waals surface area contributed by atoms with Crippen LogP contribution in [-0.2, 0) is 0 Å². The van der Waals surface area contributed by atoms with Crippen molar-refractivity contribution in [2.24, 2.45) is 0 Å². The van der Waals surface area contributed by atoms with Gasteiger partial charge in [-0.1, -0.05) is 109 Å². The molecule has 0 unspecified atom stereocenters. The van der Waals surface area contributed by atoms with Crippen molar-refractivity contribution in [1.29, 1.82) is 5.26 Å². The van der Waals surface area contributed by atoms with Gasteiger partial charge in [0.05, 0.1) is 56.6 Å². The zero-order chi connectivity index (χ0) is 36.6. The Bertz CT molecular complexity index is 3420. The Kier molecular flexibility index (Phi) is 6.61. The number of fused-ring (bicyclic) bond motifs is 9. The van der Waals surface area contributed by atoms with Gasteiger partial charge in [0.15, 0.2) is 5.69 Å². The molecule has 3 aromatic heterocycles. The maximum absolute atomic E-state index is 10.9. The van der Waals surface area contributed by atoms with E-state index in [2.05, 4.69) is 176 Å². The molecule has 0 aliphatic rings. The second-order valence-corrected chi connectivity index (χ2v) is 14.0. The van der Waals surface area contributed by atoms with Gasteiger partial charge >= 0.3 is 0 Å². The lowest BCUT2D eigenvalue weighted by Crippen LogP contribution is -2.02. The van der Waals surface area contributed by atoms with Gasteiger partial charge in [-0.2, -0.15) is 5.26 Å². The summed E-state index contributed by atoms with van der Waals surface area (Å²) in [5.74, 6) is 0. The van der Waals surface area contributed by atoms with Gasteiger partial charge in [0, 0.05) is 32.6 Å². The third-order valence-electron chi connectivity index (χ3n) is 11.1. The van der Waals surface area contributed by atoms with E-state index in [1.54, 1.807) is 0 Å². The fourth-order valence-corrected chi connectivity index (χ4v) is 8.75. The Balaban J connectivity index is 1.13. The fraction of sp³-hybridized carbons (Fsp3) is 0. The Morgan fingerprint density at radius 1 is 0.418 bits per heavy atom. The quantitative estimate of drug-likeness (QED) is 0.169. The predicted octanol–water partition coefficient (Wildman–Crippen LogP) is 13.1. The van der Waals surface area contributed by atoms with Crippen LogP contribution in [-0.4, -0.2) is 13.7 Å². The number of nitriles is 1. The molecular weight excluding hydrogens is 671 g/mol. The highest BCUT2D eigenvalue weighted by molar-refractivity contribution is 6.15. The monoisotopic (exact) mass is 699 g/mol. The van der Waals surface area contributed by atoms with E-state index in [4.69, 9.17) is 6.57 Å². The number of hydrogen-bond donors (Lipinski definition) is 0. The van der Waals surface area contributed by atoms with Gasteiger partial charge in [-0.3, -0.25) is 0 Å². The topological polar surface area (TPSA) is 42.9 Å². The molecule has 0 aliphatic carbocycles. The molecule has 11 aromatic rings. The molecule has 0 bridgehead atoms. The predicted molar refractivity (Wildman–Crippen MR) is 226 cm³/mol. The lowest BCUT2D eigenvalue weighted by atomic mass is 10.0. The molecule has 0 saturated heterocycles. The zero-order valence-electron chi connectivity index (χ0n) is 29.5. The summed E-state index contributed by atoms with van der Waals surface area (Å²) in [7, 11) is 0. The lowest BCUT2D eigenvalue weighted by molar-refractivity contribution is 1.12. The van der Waals surface area contributed by atoms with Crippen LogP contribution in [0.2, 0.25) is 0 Å². The number of nitrogens with zero attached hydrogens (tertiary/aromatic N) is 5. The summed E-state index contributed by atoms with van der Waals surface area (Å²) in [6.07, 6.45) is 0. The third-order valence-corrected chi connectivity index (χ3v) is 11.1. The van der Waals surface area contributed by atoms with E-state index in [0.29, 0.717) is 11.3 Å². The highest BCUT2D eigenvalue weighted by atomic mass is 15.1. The number of hydrogen-bond acceptors (Lipinski definition) is 1. The summed E-state index contributed by atoms with van der Waals surface area (Å²) in [6.45, 7) is 7.69. The molecule has 0 saturated carbocycles. The summed E-state index contributed by atoms with van der Waals surface area (Å²) in [5, 5.41) is 17.6. The first-order valence-corrected chi connectivity index (χ1v) is 18.3. The number of para-hydroxylation sites is 5. The van der Waals surface area contributed by atoms with E-state index in [9.17, 15) is 5.26 Å². The normalized spacial score (nSPS) is 11.6. The third kappa shape index (κ3) is 4.45. The van der Waals surface area contributed by atoms with Crippen molar-refractivity contribution in [2.45, 2.75) is 0 Å². The summed E-state index contributed by atoms with van der Waals surface area (Å²) < 4.78 is 6.88. The van der Waals surface area contributed by atoms with Gasteiger partial charge in [-0.15, -0.1) is 0 Å². The molecule has 0 fully saturated rings. The molecule has 0 spiro atoms. The molecule has 0 N–H and O–H groups in total. The van der Waals surface area contributed by atoms with E-state index in [-0.39, 0.29) is 0 Å². The van der Waals surface area contributed by atoms with Gasteiger partial charge < -0.3 is 13.7 Å². The van der Waals surface area contributed by atoms with Gasteiger partial charge in [-0.25, -0.2) is 4.85 Å². The minimum Gasteiger partial charge on any atom is -0.309 e. The molecule has 0 amide bonds. The molecule has 11 rings (SSSR count). The van der Waals surface area contributed by atoms with Crippen LogP contribution >= 0.6 is 0 Å². The Hall–Kier alpha value is -7.86. The van der Waals surface area contributed by atoms with E-state index >= 15 is 0 Å². The molecule has 0 radical (unpaired) electrons. The van der Waals surface area contributed by atoms with Gasteiger partial charge in [0.1, 0.15) is 6.07 Å². The molecule has 3 heterocycles. The molecule has 55 heavy (non-hydrogen) atoms. The van der Waals surface area contributed by atoms with Crippen LogP contribution in [0.15, 0.2) is 176 Å². The fourth-order valence-electron chi connectivity index (χ4n) is 8.75. The average Bonchev–Trinajstić information content (AvgIpc) is 3.89. The summed E-state index contributed by atoms with van der Waals surface area (Å²) in [5.41, 5.74) is 12.5. The molecule has 0 aliphatic heterocycles. The molecule has 5 heteroatoms. The molecule has 0 atom stereocenters. The summed E-state index contributed by atoms with van der Waals surface area (Å²) in [4.78, 5) is 3.74. The van der Waals surface area contributed by atoms with Crippen molar-refractivity contribution in [1.82, 2.24) is 13.7 Å². The van der Waals surface area contributed by atoms with Crippen LogP contribution in [0, 0.1) is 17.9 Å². The van der Waals surface area contributed by atoms with Crippen molar-refractivity contribution in [2.75, 3.05) is 0 Å². The largest absolute Gasteiger partial charge is 0.309 e. The Labute approximate surface area is 316 Å². The van der Waals surface area contributed by atoms with Crippen molar-refractivity contribution < 1.29 is 0 Å². The van der Waals surface area contributed by atoms with Gasteiger partial charge in [0.25, 0.3) is 0 Å².